The summed E-state index contributed by atoms with van der Waals surface area (Å²) in [6.45, 7) is 0.530. The maximum atomic E-state index is 14.0. The lowest BCUT2D eigenvalue weighted by atomic mass is 9.88. The molecule has 0 unspecified atom stereocenters. The number of anilines is 2. The minimum Gasteiger partial charge on any atom is -0.491 e. The third-order valence-corrected chi connectivity index (χ3v) is 8.83. The maximum Gasteiger partial charge on any atom is 0.274 e. The van der Waals surface area contributed by atoms with Crippen LogP contribution in [0.5, 0.6) is 17.2 Å². The molecule has 45 heavy (non-hydrogen) atoms. The molecule has 0 saturated heterocycles. The molecule has 6 aromatic rings. The molecule has 2 saturated carbocycles. The highest BCUT2D eigenvalue weighted by Crippen LogP contribution is 2.43. The summed E-state index contributed by atoms with van der Waals surface area (Å²) < 4.78 is 23.8. The summed E-state index contributed by atoms with van der Waals surface area (Å²) in [4.78, 5) is 23.3. The molecule has 2 aliphatic carbocycles. The molecule has 8 rings (SSSR count). The van der Waals surface area contributed by atoms with Crippen LogP contribution in [-0.2, 0) is 18.4 Å². The van der Waals surface area contributed by atoms with Crippen LogP contribution in [0.2, 0.25) is 0 Å². The zero-order chi connectivity index (χ0) is 30.5. The van der Waals surface area contributed by atoms with Gasteiger partial charge in [-0.15, -0.1) is 0 Å². The number of pyridine rings is 3. The first-order valence-electron chi connectivity index (χ1n) is 15.3. The van der Waals surface area contributed by atoms with Crippen molar-refractivity contribution in [2.75, 3.05) is 12.4 Å². The Hall–Kier alpha value is -5.16. The fourth-order valence-corrected chi connectivity index (χ4v) is 6.08. The zero-order valence-corrected chi connectivity index (χ0v) is 25.1. The van der Waals surface area contributed by atoms with Gasteiger partial charge in [0.15, 0.2) is 22.9 Å². The summed E-state index contributed by atoms with van der Waals surface area (Å²) in [6, 6.07) is 17.9. The molecule has 2 aliphatic rings. The first kappa shape index (κ1) is 27.4. The summed E-state index contributed by atoms with van der Waals surface area (Å²) in [5, 5.41) is 7.69. The molecular formula is C34H33N7O4. The molecule has 1 aromatic carbocycles. The van der Waals surface area contributed by atoms with E-state index in [1.54, 1.807) is 24.0 Å². The molecule has 2 fully saturated rings. The lowest BCUT2D eigenvalue weighted by Gasteiger charge is -2.38. The largest absolute Gasteiger partial charge is 0.491 e. The van der Waals surface area contributed by atoms with Gasteiger partial charge < -0.3 is 28.7 Å². The van der Waals surface area contributed by atoms with E-state index < -0.39 is 0 Å². The highest BCUT2D eigenvalue weighted by molar-refractivity contribution is 5.85. The molecule has 1 N–H and O–H groups in total. The summed E-state index contributed by atoms with van der Waals surface area (Å²) in [6.07, 6.45) is 11.2. The topological polar surface area (TPSA) is 110 Å². The lowest BCUT2D eigenvalue weighted by Crippen LogP contribution is -2.41. The fraction of sp³-hybridized carbons (Fsp3) is 0.294. The Morgan fingerprint density at radius 3 is 2.62 bits per heavy atom. The van der Waals surface area contributed by atoms with Crippen molar-refractivity contribution in [2.45, 2.75) is 50.4 Å². The van der Waals surface area contributed by atoms with Crippen LogP contribution in [0, 0.1) is 0 Å². The number of hydrogen-bond donors (Lipinski definition) is 1. The van der Waals surface area contributed by atoms with Gasteiger partial charge in [0.25, 0.3) is 5.56 Å². The van der Waals surface area contributed by atoms with Gasteiger partial charge in [0.1, 0.15) is 16.7 Å². The zero-order valence-electron chi connectivity index (χ0n) is 25.1. The van der Waals surface area contributed by atoms with Crippen LogP contribution in [0.3, 0.4) is 0 Å². The Morgan fingerprint density at radius 2 is 1.84 bits per heavy atom. The van der Waals surface area contributed by atoms with Crippen molar-refractivity contribution >= 4 is 28.3 Å². The molecule has 0 aliphatic heterocycles. The minimum absolute atomic E-state index is 0.0118. The summed E-state index contributed by atoms with van der Waals surface area (Å²) in [7, 11) is 3.45. The second kappa shape index (κ2) is 11.1. The molecule has 5 heterocycles. The van der Waals surface area contributed by atoms with E-state index in [1.165, 1.54) is 0 Å². The number of nitrogens with zero attached hydrogens (tertiary/aromatic N) is 6. The van der Waals surface area contributed by atoms with Gasteiger partial charge in [-0.05, 0) is 60.9 Å². The standard InChI is InChI=1S/C34H33N7O4/c1-39-30-31(43-2)29(45-28-18-36-41-15-7-6-10-26(28)41)17-35-32(30)38-34(39)37-24-16-23(22-11-12-22)19-40(33(24)42)25-13-14-27(25)44-20-21-8-4-3-5-9-21/h3-10,15-19,22,25,27H,11-14,20H2,1-2H3,(H,35,37,38)/t25-,27-/m1/s1. The number of ether oxygens (including phenoxy) is 3. The molecule has 0 bridgehead atoms. The normalized spacial score (nSPS) is 17.8. The van der Waals surface area contributed by atoms with Gasteiger partial charge in [-0.1, -0.05) is 36.4 Å². The highest BCUT2D eigenvalue weighted by Gasteiger charge is 2.36. The average molecular weight is 604 g/mol. The van der Waals surface area contributed by atoms with Crippen molar-refractivity contribution in [3.05, 3.63) is 101 Å². The van der Waals surface area contributed by atoms with Gasteiger partial charge in [-0.2, -0.15) is 10.1 Å². The average Bonchev–Trinajstić information content (AvgIpc) is 3.76. The summed E-state index contributed by atoms with van der Waals surface area (Å²) in [5.41, 5.74) is 4.59. The number of fused-ring (bicyclic) bond motifs is 2. The molecule has 228 valence electrons. The number of aryl methyl sites for hydroxylation is 1. The highest BCUT2D eigenvalue weighted by atomic mass is 16.5. The fourth-order valence-electron chi connectivity index (χ4n) is 6.08. The van der Waals surface area contributed by atoms with Crippen molar-refractivity contribution < 1.29 is 14.2 Å². The number of rotatable bonds is 10. The van der Waals surface area contributed by atoms with Crippen molar-refractivity contribution in [3.63, 3.8) is 0 Å². The Kier molecular flexibility index (Phi) is 6.75. The smallest absolute Gasteiger partial charge is 0.274 e. The maximum absolute atomic E-state index is 14.0. The molecular weight excluding hydrogens is 570 g/mol. The second-order valence-electron chi connectivity index (χ2n) is 11.7. The number of imidazole rings is 1. The van der Waals surface area contributed by atoms with E-state index in [0.29, 0.717) is 52.6 Å². The number of benzene rings is 1. The van der Waals surface area contributed by atoms with E-state index in [2.05, 4.69) is 27.5 Å². The monoisotopic (exact) mass is 603 g/mol. The predicted molar refractivity (Wildman–Crippen MR) is 170 cm³/mol. The molecule has 0 amide bonds. The van der Waals surface area contributed by atoms with Gasteiger partial charge in [-0.3, -0.25) is 4.79 Å². The summed E-state index contributed by atoms with van der Waals surface area (Å²) in [5.74, 6) is 2.43. The quantitative estimate of drug-likeness (QED) is 0.200. The van der Waals surface area contributed by atoms with Gasteiger partial charge in [-0.25, -0.2) is 9.50 Å². The van der Waals surface area contributed by atoms with Crippen molar-refractivity contribution in [2.24, 2.45) is 7.05 Å². The molecule has 5 aromatic heterocycles. The van der Waals surface area contributed by atoms with Crippen LogP contribution in [0.25, 0.3) is 16.7 Å². The van der Waals surface area contributed by atoms with E-state index in [9.17, 15) is 4.79 Å². The number of aromatic nitrogens is 6. The van der Waals surface area contributed by atoms with Crippen LogP contribution >= 0.6 is 0 Å². The molecule has 11 nitrogen and oxygen atoms in total. The van der Waals surface area contributed by atoms with Gasteiger partial charge in [0.05, 0.1) is 38.3 Å². The van der Waals surface area contributed by atoms with Gasteiger partial charge in [0.2, 0.25) is 5.95 Å². The Balaban J connectivity index is 1.10. The van der Waals surface area contributed by atoms with Crippen LogP contribution in [0.15, 0.2) is 84.2 Å². The van der Waals surface area contributed by atoms with Crippen LogP contribution in [-0.4, -0.2) is 41.9 Å². The van der Waals surface area contributed by atoms with Crippen molar-refractivity contribution in [3.8, 4) is 17.2 Å². The van der Waals surface area contributed by atoms with Crippen LogP contribution in [0.4, 0.5) is 11.6 Å². The SMILES string of the molecule is COc1c(Oc2cnn3ccccc23)cnc2nc(Nc3cc(C4CC4)cn([C@@H]4CC[C@H]4OCc4ccccc4)c3=O)n(C)c12. The van der Waals surface area contributed by atoms with E-state index >= 15 is 0 Å². The number of hydrogen-bond acceptors (Lipinski definition) is 8. The summed E-state index contributed by atoms with van der Waals surface area (Å²) >= 11 is 0. The first-order valence-corrected chi connectivity index (χ1v) is 15.3. The molecule has 0 radical (unpaired) electrons. The third kappa shape index (κ3) is 4.98. The van der Waals surface area contributed by atoms with Gasteiger partial charge in [0, 0.05) is 19.4 Å². The molecule has 2 atom stereocenters. The van der Waals surface area contributed by atoms with Gasteiger partial charge >= 0.3 is 0 Å². The lowest BCUT2D eigenvalue weighted by molar-refractivity contribution is -0.0503. The van der Waals surface area contributed by atoms with Crippen molar-refractivity contribution in [1.29, 1.82) is 0 Å². The predicted octanol–water partition coefficient (Wildman–Crippen LogP) is 6.12. The first-order chi connectivity index (χ1) is 22.1. The minimum atomic E-state index is -0.0958. The number of methoxy groups -OCH3 is 1. The van der Waals surface area contributed by atoms with E-state index in [0.717, 1.165) is 42.3 Å². The second-order valence-corrected chi connectivity index (χ2v) is 11.7. The number of nitrogens with one attached hydrogen (secondary N) is 1. The van der Waals surface area contributed by atoms with E-state index in [-0.39, 0.29) is 17.7 Å². The van der Waals surface area contributed by atoms with Crippen LogP contribution in [0.1, 0.15) is 48.8 Å². The molecule has 11 heteroatoms. The molecule has 0 spiro atoms. The van der Waals surface area contributed by atoms with Crippen molar-refractivity contribution in [1.82, 2.24) is 28.7 Å². The Morgan fingerprint density at radius 1 is 1.00 bits per heavy atom. The Bertz CT molecular complexity index is 2080. The third-order valence-electron chi connectivity index (χ3n) is 8.83. The van der Waals surface area contributed by atoms with E-state index in [4.69, 9.17) is 19.2 Å². The van der Waals surface area contributed by atoms with Crippen LogP contribution < -0.4 is 20.3 Å². The Labute approximate surface area is 259 Å². The van der Waals surface area contributed by atoms with E-state index in [1.807, 2.05) is 71.0 Å².